The number of hydrogen-bond acceptors (Lipinski definition) is 2. The molecule has 0 fully saturated rings. The first-order valence-electron chi connectivity index (χ1n) is 5.16. The fourth-order valence-corrected chi connectivity index (χ4v) is 1.38. The Hall–Kier alpha value is -1.02. The highest BCUT2D eigenvalue weighted by atomic mass is 16.5. The van der Waals surface area contributed by atoms with Crippen molar-refractivity contribution in [1.82, 2.24) is 0 Å². The van der Waals surface area contributed by atoms with E-state index in [-0.39, 0.29) is 6.10 Å². The molecule has 0 aliphatic heterocycles. The van der Waals surface area contributed by atoms with Gasteiger partial charge in [-0.2, -0.15) is 0 Å². The van der Waals surface area contributed by atoms with Crippen molar-refractivity contribution in [3.8, 4) is 5.75 Å². The van der Waals surface area contributed by atoms with E-state index in [4.69, 9.17) is 10.5 Å². The van der Waals surface area contributed by atoms with Crippen LogP contribution in [-0.2, 0) is 13.0 Å². The Morgan fingerprint density at radius 2 is 2.07 bits per heavy atom. The van der Waals surface area contributed by atoms with Gasteiger partial charge in [0.15, 0.2) is 0 Å². The summed E-state index contributed by atoms with van der Waals surface area (Å²) >= 11 is 0. The molecule has 0 bridgehead atoms. The average Bonchev–Trinajstić information content (AvgIpc) is 2.17. The van der Waals surface area contributed by atoms with Crippen LogP contribution in [0.3, 0.4) is 0 Å². The third-order valence-corrected chi connectivity index (χ3v) is 2.12. The van der Waals surface area contributed by atoms with Crippen LogP contribution in [0.4, 0.5) is 0 Å². The van der Waals surface area contributed by atoms with Gasteiger partial charge in [0.05, 0.1) is 6.10 Å². The van der Waals surface area contributed by atoms with Crippen LogP contribution in [0.2, 0.25) is 0 Å². The molecule has 0 saturated heterocycles. The predicted molar refractivity (Wildman–Crippen MR) is 59.5 cm³/mol. The van der Waals surface area contributed by atoms with Crippen LogP contribution < -0.4 is 10.5 Å². The van der Waals surface area contributed by atoms with E-state index in [1.807, 2.05) is 19.9 Å². The summed E-state index contributed by atoms with van der Waals surface area (Å²) in [6.45, 7) is 6.72. The monoisotopic (exact) mass is 193 g/mol. The standard InChI is InChI=1S/C12H19NO/c1-4-10-5-6-12(14-9(2)3)11(7-10)8-13/h5-7,9H,4,8,13H2,1-3H3. The van der Waals surface area contributed by atoms with Crippen molar-refractivity contribution in [3.63, 3.8) is 0 Å². The van der Waals surface area contributed by atoms with E-state index in [2.05, 4.69) is 19.1 Å². The third kappa shape index (κ3) is 2.74. The van der Waals surface area contributed by atoms with Crippen molar-refractivity contribution in [3.05, 3.63) is 29.3 Å². The maximum absolute atomic E-state index is 5.67. The first kappa shape index (κ1) is 11.1. The van der Waals surface area contributed by atoms with Gasteiger partial charge >= 0.3 is 0 Å². The Balaban J connectivity index is 2.93. The average molecular weight is 193 g/mol. The van der Waals surface area contributed by atoms with Gasteiger partial charge in [-0.25, -0.2) is 0 Å². The minimum atomic E-state index is 0.202. The highest BCUT2D eigenvalue weighted by Gasteiger charge is 2.04. The Labute approximate surface area is 86.1 Å². The molecule has 0 saturated carbocycles. The van der Waals surface area contributed by atoms with Crippen LogP contribution in [0.1, 0.15) is 31.9 Å². The van der Waals surface area contributed by atoms with E-state index in [0.29, 0.717) is 6.54 Å². The zero-order chi connectivity index (χ0) is 10.6. The molecule has 0 aromatic heterocycles. The van der Waals surface area contributed by atoms with Crippen LogP contribution in [-0.4, -0.2) is 6.10 Å². The van der Waals surface area contributed by atoms with Crippen molar-refractivity contribution in [1.29, 1.82) is 0 Å². The number of benzene rings is 1. The van der Waals surface area contributed by atoms with Crippen LogP contribution >= 0.6 is 0 Å². The lowest BCUT2D eigenvalue weighted by atomic mass is 10.1. The number of hydrogen-bond donors (Lipinski definition) is 1. The molecule has 0 atom stereocenters. The molecule has 2 heteroatoms. The zero-order valence-corrected chi connectivity index (χ0v) is 9.21. The summed E-state index contributed by atoms with van der Waals surface area (Å²) in [6, 6.07) is 6.23. The highest BCUT2D eigenvalue weighted by molar-refractivity contribution is 5.37. The van der Waals surface area contributed by atoms with Gasteiger partial charge < -0.3 is 10.5 Å². The Bertz CT molecular complexity index is 294. The summed E-state index contributed by atoms with van der Waals surface area (Å²) in [6.07, 6.45) is 1.24. The molecule has 2 N–H and O–H groups in total. The Morgan fingerprint density at radius 1 is 1.36 bits per heavy atom. The fourth-order valence-electron chi connectivity index (χ4n) is 1.38. The largest absolute Gasteiger partial charge is 0.491 e. The summed E-state index contributed by atoms with van der Waals surface area (Å²) in [7, 11) is 0. The van der Waals surface area contributed by atoms with E-state index in [9.17, 15) is 0 Å². The predicted octanol–water partition coefficient (Wildman–Crippen LogP) is 2.49. The molecule has 2 nitrogen and oxygen atoms in total. The third-order valence-electron chi connectivity index (χ3n) is 2.12. The highest BCUT2D eigenvalue weighted by Crippen LogP contribution is 2.21. The molecular formula is C12H19NO. The van der Waals surface area contributed by atoms with Crippen molar-refractivity contribution in [2.45, 2.75) is 39.8 Å². The smallest absolute Gasteiger partial charge is 0.124 e. The van der Waals surface area contributed by atoms with Crippen LogP contribution in [0.25, 0.3) is 0 Å². The second-order valence-electron chi connectivity index (χ2n) is 3.67. The quantitative estimate of drug-likeness (QED) is 0.797. The minimum absolute atomic E-state index is 0.202. The van der Waals surface area contributed by atoms with E-state index in [1.165, 1.54) is 5.56 Å². The molecule has 0 aliphatic carbocycles. The van der Waals surface area contributed by atoms with Gasteiger partial charge in [-0.15, -0.1) is 0 Å². The number of ether oxygens (including phenoxy) is 1. The Kier molecular flexibility index (Phi) is 3.96. The number of aryl methyl sites for hydroxylation is 1. The summed E-state index contributed by atoms with van der Waals surface area (Å²) < 4.78 is 5.66. The molecule has 0 amide bonds. The molecule has 0 heterocycles. The normalized spacial score (nSPS) is 10.6. The van der Waals surface area contributed by atoms with Crippen LogP contribution in [0.5, 0.6) is 5.75 Å². The maximum Gasteiger partial charge on any atom is 0.124 e. The SMILES string of the molecule is CCc1ccc(OC(C)C)c(CN)c1. The molecule has 14 heavy (non-hydrogen) atoms. The lowest BCUT2D eigenvalue weighted by Gasteiger charge is -2.14. The number of nitrogens with two attached hydrogens (primary N) is 1. The molecule has 0 spiro atoms. The lowest BCUT2D eigenvalue weighted by Crippen LogP contribution is -2.09. The second kappa shape index (κ2) is 5.01. The molecule has 1 rings (SSSR count). The fraction of sp³-hybridized carbons (Fsp3) is 0.500. The minimum Gasteiger partial charge on any atom is -0.491 e. The summed E-state index contributed by atoms with van der Waals surface area (Å²) in [5, 5.41) is 0. The van der Waals surface area contributed by atoms with Gasteiger partial charge in [0.25, 0.3) is 0 Å². The summed E-state index contributed by atoms with van der Waals surface area (Å²) in [5.41, 5.74) is 8.07. The molecule has 1 aromatic rings. The molecular weight excluding hydrogens is 174 g/mol. The maximum atomic E-state index is 5.67. The van der Waals surface area contributed by atoms with Gasteiger partial charge in [-0.05, 0) is 31.9 Å². The van der Waals surface area contributed by atoms with Crippen LogP contribution in [0.15, 0.2) is 18.2 Å². The van der Waals surface area contributed by atoms with Gasteiger partial charge in [0, 0.05) is 12.1 Å². The lowest BCUT2D eigenvalue weighted by molar-refractivity contribution is 0.240. The second-order valence-corrected chi connectivity index (χ2v) is 3.67. The van der Waals surface area contributed by atoms with Crippen molar-refractivity contribution in [2.24, 2.45) is 5.73 Å². The van der Waals surface area contributed by atoms with Gasteiger partial charge in [-0.3, -0.25) is 0 Å². The topological polar surface area (TPSA) is 35.2 Å². The van der Waals surface area contributed by atoms with Gasteiger partial charge in [0.1, 0.15) is 5.75 Å². The first-order valence-corrected chi connectivity index (χ1v) is 5.16. The first-order chi connectivity index (χ1) is 6.67. The van der Waals surface area contributed by atoms with Gasteiger partial charge in [-0.1, -0.05) is 19.1 Å². The van der Waals surface area contributed by atoms with Gasteiger partial charge in [0.2, 0.25) is 0 Å². The number of rotatable bonds is 4. The molecule has 0 aliphatic rings. The van der Waals surface area contributed by atoms with E-state index in [0.717, 1.165) is 17.7 Å². The molecule has 0 radical (unpaired) electrons. The summed E-state index contributed by atoms with van der Waals surface area (Å²) in [5.74, 6) is 0.916. The van der Waals surface area contributed by atoms with Crippen molar-refractivity contribution < 1.29 is 4.74 Å². The zero-order valence-electron chi connectivity index (χ0n) is 9.21. The Morgan fingerprint density at radius 3 is 2.57 bits per heavy atom. The molecule has 0 unspecified atom stereocenters. The molecule has 78 valence electrons. The van der Waals surface area contributed by atoms with Crippen LogP contribution in [0, 0.1) is 0 Å². The summed E-state index contributed by atoms with van der Waals surface area (Å²) in [4.78, 5) is 0. The van der Waals surface area contributed by atoms with E-state index >= 15 is 0 Å². The van der Waals surface area contributed by atoms with Crippen molar-refractivity contribution >= 4 is 0 Å². The van der Waals surface area contributed by atoms with E-state index in [1.54, 1.807) is 0 Å². The molecule has 1 aromatic carbocycles. The van der Waals surface area contributed by atoms with E-state index < -0.39 is 0 Å². The van der Waals surface area contributed by atoms with Crippen molar-refractivity contribution in [2.75, 3.05) is 0 Å².